The summed E-state index contributed by atoms with van der Waals surface area (Å²) in [6.07, 6.45) is 5.43. The maximum absolute atomic E-state index is 12.3. The predicted octanol–water partition coefficient (Wildman–Crippen LogP) is 3.43. The van der Waals surface area contributed by atoms with Crippen LogP contribution in [0.5, 0.6) is 0 Å². The molecule has 3 heterocycles. The van der Waals surface area contributed by atoms with Gasteiger partial charge in [0.05, 0.1) is 25.5 Å². The van der Waals surface area contributed by atoms with E-state index in [1.807, 2.05) is 23.6 Å². The number of rotatable bonds is 5. The average molecular weight is 326 g/mol. The van der Waals surface area contributed by atoms with Crippen molar-refractivity contribution in [3.8, 4) is 0 Å². The number of aromatic nitrogens is 2. The number of carbonyl (C=O) groups is 1. The van der Waals surface area contributed by atoms with Crippen LogP contribution in [0.2, 0.25) is 0 Å². The lowest BCUT2D eigenvalue weighted by molar-refractivity contribution is 0.0514. The summed E-state index contributed by atoms with van der Waals surface area (Å²) in [5.74, 6) is 0.393. The minimum Gasteiger partial charge on any atom is -0.461 e. The number of nitrogens with zero attached hydrogens (tertiary/aromatic N) is 2. The first-order valence-electron chi connectivity index (χ1n) is 8.71. The maximum atomic E-state index is 12.3. The van der Waals surface area contributed by atoms with Gasteiger partial charge in [0.15, 0.2) is 0 Å². The Morgan fingerprint density at radius 1 is 1.42 bits per heavy atom. The molecule has 4 rings (SSSR count). The highest BCUT2D eigenvalue weighted by Gasteiger charge is 2.26. The number of hydrogen-bond donors (Lipinski definition) is 0. The number of fused-ring (bicyclic) bond motifs is 1. The van der Waals surface area contributed by atoms with E-state index in [0.29, 0.717) is 24.8 Å². The summed E-state index contributed by atoms with van der Waals surface area (Å²) in [7, 11) is 0. The molecule has 0 unspecified atom stereocenters. The predicted molar refractivity (Wildman–Crippen MR) is 91.8 cm³/mol. The molecule has 2 aromatic heterocycles. The molecule has 2 aromatic rings. The molecule has 1 aliphatic heterocycles. The second-order valence-corrected chi connectivity index (χ2v) is 6.47. The van der Waals surface area contributed by atoms with Crippen molar-refractivity contribution >= 4 is 22.6 Å². The zero-order valence-electron chi connectivity index (χ0n) is 14.0. The molecular formula is C19H22N2O3. The second kappa shape index (κ2) is 6.40. The van der Waals surface area contributed by atoms with E-state index < -0.39 is 0 Å². The smallest absolute Gasteiger partial charge is 0.355 e. The SMILES string of the molecule is CCOC(=O)c1cc2ccc(C3=CCOCC3)nc2n1CC1CC1. The molecule has 1 fully saturated rings. The number of hydrogen-bond acceptors (Lipinski definition) is 4. The van der Waals surface area contributed by atoms with Crippen molar-refractivity contribution in [2.75, 3.05) is 19.8 Å². The lowest BCUT2D eigenvalue weighted by Crippen LogP contribution is -2.13. The van der Waals surface area contributed by atoms with Crippen molar-refractivity contribution in [1.82, 2.24) is 9.55 Å². The molecule has 0 atom stereocenters. The summed E-state index contributed by atoms with van der Waals surface area (Å²) in [6.45, 7) is 4.44. The van der Waals surface area contributed by atoms with E-state index in [1.54, 1.807) is 0 Å². The van der Waals surface area contributed by atoms with Crippen LogP contribution in [0, 0.1) is 5.92 Å². The van der Waals surface area contributed by atoms with Gasteiger partial charge in [-0.1, -0.05) is 6.08 Å². The largest absolute Gasteiger partial charge is 0.461 e. The van der Waals surface area contributed by atoms with E-state index in [4.69, 9.17) is 14.5 Å². The zero-order valence-corrected chi connectivity index (χ0v) is 14.0. The van der Waals surface area contributed by atoms with Crippen LogP contribution < -0.4 is 0 Å². The number of ether oxygens (including phenoxy) is 2. The summed E-state index contributed by atoms with van der Waals surface area (Å²) >= 11 is 0. The first-order chi connectivity index (χ1) is 11.8. The topological polar surface area (TPSA) is 53.4 Å². The Kier molecular flexibility index (Phi) is 4.10. The average Bonchev–Trinajstić information content (AvgIpc) is 3.36. The van der Waals surface area contributed by atoms with Crippen LogP contribution in [0.4, 0.5) is 0 Å². The van der Waals surface area contributed by atoms with E-state index >= 15 is 0 Å². The van der Waals surface area contributed by atoms with Gasteiger partial charge in [0.25, 0.3) is 0 Å². The third-order valence-electron chi connectivity index (χ3n) is 4.66. The molecule has 1 saturated carbocycles. The molecule has 0 radical (unpaired) electrons. The van der Waals surface area contributed by atoms with Gasteiger partial charge in [-0.3, -0.25) is 0 Å². The summed E-state index contributed by atoms with van der Waals surface area (Å²) in [5, 5.41) is 0.995. The lowest BCUT2D eigenvalue weighted by atomic mass is 10.1. The standard InChI is InChI=1S/C19H22N2O3/c1-2-24-19(22)17-11-15-5-6-16(14-7-9-23-10-8-14)20-18(15)21(17)12-13-3-4-13/h5-7,11,13H,2-4,8-10,12H2,1H3. The number of carbonyl (C=O) groups excluding carboxylic acids is 1. The third kappa shape index (κ3) is 2.96. The fraction of sp³-hybridized carbons (Fsp3) is 0.474. The van der Waals surface area contributed by atoms with Crippen molar-refractivity contribution in [2.24, 2.45) is 5.92 Å². The maximum Gasteiger partial charge on any atom is 0.355 e. The molecule has 0 saturated heterocycles. The molecule has 0 amide bonds. The first-order valence-corrected chi connectivity index (χ1v) is 8.71. The van der Waals surface area contributed by atoms with Crippen LogP contribution in [0.3, 0.4) is 0 Å². The van der Waals surface area contributed by atoms with Crippen molar-refractivity contribution in [3.63, 3.8) is 0 Å². The van der Waals surface area contributed by atoms with Crippen molar-refractivity contribution in [1.29, 1.82) is 0 Å². The number of pyridine rings is 1. The van der Waals surface area contributed by atoms with E-state index in [0.717, 1.165) is 36.3 Å². The Morgan fingerprint density at radius 3 is 3.00 bits per heavy atom. The van der Waals surface area contributed by atoms with Crippen LogP contribution in [-0.4, -0.2) is 35.3 Å². The number of esters is 1. The van der Waals surface area contributed by atoms with Gasteiger partial charge in [0, 0.05) is 11.9 Å². The Hall–Kier alpha value is -2.14. The molecular weight excluding hydrogens is 304 g/mol. The lowest BCUT2D eigenvalue weighted by Gasteiger charge is -2.14. The molecule has 0 aromatic carbocycles. The van der Waals surface area contributed by atoms with Gasteiger partial charge in [0.1, 0.15) is 11.3 Å². The molecule has 5 heteroatoms. The molecule has 2 aliphatic rings. The quantitative estimate of drug-likeness (QED) is 0.790. The third-order valence-corrected chi connectivity index (χ3v) is 4.66. The summed E-state index contributed by atoms with van der Waals surface area (Å²) in [5.41, 5.74) is 3.70. The van der Waals surface area contributed by atoms with E-state index in [2.05, 4.69) is 12.1 Å². The first kappa shape index (κ1) is 15.4. The Bertz CT molecular complexity index is 802. The summed E-state index contributed by atoms with van der Waals surface area (Å²) in [6, 6.07) is 6.00. The van der Waals surface area contributed by atoms with Crippen LogP contribution in [-0.2, 0) is 16.0 Å². The summed E-state index contributed by atoms with van der Waals surface area (Å²) in [4.78, 5) is 17.2. The molecule has 1 aliphatic carbocycles. The summed E-state index contributed by atoms with van der Waals surface area (Å²) < 4.78 is 12.7. The van der Waals surface area contributed by atoms with Crippen molar-refractivity contribution in [2.45, 2.75) is 32.7 Å². The monoisotopic (exact) mass is 326 g/mol. The minimum absolute atomic E-state index is 0.261. The molecule has 24 heavy (non-hydrogen) atoms. The molecule has 0 bridgehead atoms. The highest BCUT2D eigenvalue weighted by atomic mass is 16.5. The van der Waals surface area contributed by atoms with Crippen LogP contribution in [0.25, 0.3) is 16.6 Å². The molecule has 126 valence electrons. The van der Waals surface area contributed by atoms with Gasteiger partial charge in [0.2, 0.25) is 0 Å². The van der Waals surface area contributed by atoms with Gasteiger partial charge in [-0.25, -0.2) is 9.78 Å². The van der Waals surface area contributed by atoms with Crippen LogP contribution in [0.15, 0.2) is 24.3 Å². The van der Waals surface area contributed by atoms with Crippen molar-refractivity contribution in [3.05, 3.63) is 35.7 Å². The fourth-order valence-electron chi connectivity index (χ4n) is 3.18. The molecule has 0 N–H and O–H groups in total. The Morgan fingerprint density at radius 2 is 2.29 bits per heavy atom. The van der Waals surface area contributed by atoms with E-state index in [-0.39, 0.29) is 5.97 Å². The van der Waals surface area contributed by atoms with Gasteiger partial charge in [-0.15, -0.1) is 0 Å². The molecule has 5 nitrogen and oxygen atoms in total. The minimum atomic E-state index is -0.261. The van der Waals surface area contributed by atoms with Crippen molar-refractivity contribution < 1.29 is 14.3 Å². The highest BCUT2D eigenvalue weighted by molar-refractivity contribution is 5.95. The van der Waals surface area contributed by atoms with Gasteiger partial charge < -0.3 is 14.0 Å². The normalized spacial score (nSPS) is 17.8. The van der Waals surface area contributed by atoms with Gasteiger partial charge in [-0.05, 0) is 55.9 Å². The second-order valence-electron chi connectivity index (χ2n) is 6.47. The van der Waals surface area contributed by atoms with Crippen LogP contribution >= 0.6 is 0 Å². The highest BCUT2D eigenvalue weighted by Crippen LogP contribution is 2.33. The van der Waals surface area contributed by atoms with E-state index in [9.17, 15) is 4.79 Å². The fourth-order valence-corrected chi connectivity index (χ4v) is 3.18. The van der Waals surface area contributed by atoms with E-state index in [1.165, 1.54) is 18.4 Å². The zero-order chi connectivity index (χ0) is 16.5. The van der Waals surface area contributed by atoms with Gasteiger partial charge >= 0.3 is 5.97 Å². The van der Waals surface area contributed by atoms with Gasteiger partial charge in [-0.2, -0.15) is 0 Å². The molecule has 0 spiro atoms. The Balaban J connectivity index is 1.78. The Labute approximate surface area is 141 Å². The van der Waals surface area contributed by atoms with Crippen LogP contribution in [0.1, 0.15) is 42.4 Å².